The van der Waals surface area contributed by atoms with Gasteiger partial charge in [-0.25, -0.2) is 4.79 Å². The van der Waals surface area contributed by atoms with Crippen LogP contribution >= 0.6 is 0 Å². The van der Waals surface area contributed by atoms with Gasteiger partial charge in [-0.05, 0) is 25.3 Å². The summed E-state index contributed by atoms with van der Waals surface area (Å²) >= 11 is 0. The molecule has 0 bridgehead atoms. The summed E-state index contributed by atoms with van der Waals surface area (Å²) in [6, 6.07) is 13.3. The summed E-state index contributed by atoms with van der Waals surface area (Å²) in [4.78, 5) is 24.1. The third kappa shape index (κ3) is 3.12. The molecule has 0 aliphatic heterocycles. The first-order valence-corrected chi connectivity index (χ1v) is 7.44. The molecule has 1 N–H and O–H groups in total. The smallest absolute Gasteiger partial charge is 0.344 e. The van der Waals surface area contributed by atoms with Gasteiger partial charge in [-0.3, -0.25) is 4.79 Å². The van der Waals surface area contributed by atoms with E-state index in [2.05, 4.69) is 10.5 Å². The lowest BCUT2D eigenvalue weighted by molar-refractivity contribution is -0.119. The van der Waals surface area contributed by atoms with E-state index in [1.165, 1.54) is 0 Å². The minimum absolute atomic E-state index is 0.257. The molecule has 3 rings (SSSR count). The number of amides is 1. The van der Waals surface area contributed by atoms with Crippen molar-refractivity contribution in [1.82, 2.24) is 5.16 Å². The Morgan fingerprint density at radius 1 is 1.12 bits per heavy atom. The van der Waals surface area contributed by atoms with Gasteiger partial charge in [0.1, 0.15) is 11.3 Å². The topological polar surface area (TPSA) is 81.4 Å². The first kappa shape index (κ1) is 15.7. The SMILES string of the molecule is Cc1noc(C)c1C(=O)OCC(=O)Nc1cccc2ccccc12. The number of esters is 1. The molecule has 0 atom stereocenters. The quantitative estimate of drug-likeness (QED) is 0.745. The Bertz CT molecular complexity index is 890. The lowest BCUT2D eigenvalue weighted by atomic mass is 10.1. The molecule has 0 aliphatic carbocycles. The second kappa shape index (κ2) is 6.54. The van der Waals surface area contributed by atoms with E-state index < -0.39 is 11.9 Å². The van der Waals surface area contributed by atoms with Gasteiger partial charge in [0.2, 0.25) is 0 Å². The zero-order valence-electron chi connectivity index (χ0n) is 13.3. The predicted octanol–water partition coefficient (Wildman–Crippen LogP) is 3.24. The summed E-state index contributed by atoms with van der Waals surface area (Å²) in [7, 11) is 0. The van der Waals surface area contributed by atoms with Crippen molar-refractivity contribution < 1.29 is 18.8 Å². The first-order valence-electron chi connectivity index (χ1n) is 7.44. The number of rotatable bonds is 4. The van der Waals surface area contributed by atoms with Crippen LogP contribution in [0.2, 0.25) is 0 Å². The van der Waals surface area contributed by atoms with Gasteiger partial charge >= 0.3 is 5.97 Å². The molecule has 24 heavy (non-hydrogen) atoms. The summed E-state index contributed by atoms with van der Waals surface area (Å²) in [6.07, 6.45) is 0. The van der Waals surface area contributed by atoms with E-state index in [1.807, 2.05) is 36.4 Å². The lowest BCUT2D eigenvalue weighted by Crippen LogP contribution is -2.21. The number of carbonyl (C=O) groups is 2. The molecule has 0 unspecified atom stereocenters. The van der Waals surface area contributed by atoms with Crippen LogP contribution in [-0.2, 0) is 9.53 Å². The lowest BCUT2D eigenvalue weighted by Gasteiger charge is -2.09. The third-order valence-corrected chi connectivity index (χ3v) is 3.64. The molecule has 6 heteroatoms. The van der Waals surface area contributed by atoms with Crippen molar-refractivity contribution in [3.8, 4) is 0 Å². The molecule has 2 aromatic carbocycles. The van der Waals surface area contributed by atoms with Gasteiger partial charge < -0.3 is 14.6 Å². The number of fused-ring (bicyclic) bond motifs is 1. The number of aromatic nitrogens is 1. The molecule has 0 spiro atoms. The Morgan fingerprint density at radius 3 is 2.62 bits per heavy atom. The van der Waals surface area contributed by atoms with Crippen LogP contribution in [0.3, 0.4) is 0 Å². The average molecular weight is 324 g/mol. The van der Waals surface area contributed by atoms with Gasteiger partial charge in [0.15, 0.2) is 6.61 Å². The van der Waals surface area contributed by atoms with Crippen molar-refractivity contribution in [2.45, 2.75) is 13.8 Å². The van der Waals surface area contributed by atoms with Crippen molar-refractivity contribution >= 4 is 28.3 Å². The highest BCUT2D eigenvalue weighted by molar-refractivity contribution is 6.03. The number of nitrogens with one attached hydrogen (secondary N) is 1. The molecular weight excluding hydrogens is 308 g/mol. The van der Waals surface area contributed by atoms with E-state index in [0.29, 0.717) is 17.1 Å². The van der Waals surface area contributed by atoms with Gasteiger partial charge in [-0.2, -0.15) is 0 Å². The maximum absolute atomic E-state index is 12.1. The predicted molar refractivity (Wildman–Crippen MR) is 88.8 cm³/mol. The van der Waals surface area contributed by atoms with Crippen LogP contribution in [0.5, 0.6) is 0 Å². The normalized spacial score (nSPS) is 10.6. The van der Waals surface area contributed by atoms with E-state index in [4.69, 9.17) is 9.26 Å². The molecule has 0 fully saturated rings. The average Bonchev–Trinajstić information content (AvgIpc) is 2.92. The van der Waals surface area contributed by atoms with Gasteiger partial charge in [0.05, 0.1) is 5.69 Å². The number of hydrogen-bond donors (Lipinski definition) is 1. The van der Waals surface area contributed by atoms with Crippen LogP contribution in [0.4, 0.5) is 5.69 Å². The molecular formula is C18H16N2O4. The number of benzene rings is 2. The molecule has 1 amide bonds. The maximum Gasteiger partial charge on any atom is 0.344 e. The second-order valence-corrected chi connectivity index (χ2v) is 5.35. The highest BCUT2D eigenvalue weighted by Gasteiger charge is 2.20. The monoisotopic (exact) mass is 324 g/mol. The van der Waals surface area contributed by atoms with E-state index >= 15 is 0 Å². The summed E-state index contributed by atoms with van der Waals surface area (Å²) in [5.41, 5.74) is 1.37. The van der Waals surface area contributed by atoms with E-state index in [0.717, 1.165) is 10.8 Å². The van der Waals surface area contributed by atoms with Crippen molar-refractivity contribution in [1.29, 1.82) is 0 Å². The largest absolute Gasteiger partial charge is 0.452 e. The van der Waals surface area contributed by atoms with Gasteiger partial charge in [0, 0.05) is 11.1 Å². The van der Waals surface area contributed by atoms with Crippen molar-refractivity contribution in [3.05, 3.63) is 59.5 Å². The van der Waals surface area contributed by atoms with E-state index in [9.17, 15) is 9.59 Å². The summed E-state index contributed by atoms with van der Waals surface area (Å²) in [6.45, 7) is 2.88. The van der Waals surface area contributed by atoms with Gasteiger partial charge in [0.25, 0.3) is 5.91 Å². The molecule has 0 saturated carbocycles. The number of anilines is 1. The fraction of sp³-hybridized carbons (Fsp3) is 0.167. The van der Waals surface area contributed by atoms with Crippen LogP contribution in [0, 0.1) is 13.8 Å². The van der Waals surface area contributed by atoms with E-state index in [1.54, 1.807) is 19.9 Å². The Balaban J connectivity index is 1.67. The number of nitrogens with zero attached hydrogens (tertiary/aromatic N) is 1. The fourth-order valence-corrected chi connectivity index (χ4v) is 2.50. The Kier molecular flexibility index (Phi) is 4.29. The van der Waals surface area contributed by atoms with Crippen molar-refractivity contribution in [3.63, 3.8) is 0 Å². The fourth-order valence-electron chi connectivity index (χ4n) is 2.50. The Morgan fingerprint density at radius 2 is 1.88 bits per heavy atom. The first-order chi connectivity index (χ1) is 11.6. The molecule has 3 aromatic rings. The second-order valence-electron chi connectivity index (χ2n) is 5.35. The minimum Gasteiger partial charge on any atom is -0.452 e. The third-order valence-electron chi connectivity index (χ3n) is 3.64. The summed E-state index contributed by atoms with van der Waals surface area (Å²) in [5, 5.41) is 8.39. The number of ether oxygens (including phenoxy) is 1. The number of hydrogen-bond acceptors (Lipinski definition) is 5. The number of carbonyl (C=O) groups excluding carboxylic acids is 2. The molecule has 0 radical (unpaired) electrons. The molecule has 0 aliphatic rings. The zero-order valence-corrected chi connectivity index (χ0v) is 13.3. The minimum atomic E-state index is -0.626. The highest BCUT2D eigenvalue weighted by Crippen LogP contribution is 2.22. The highest BCUT2D eigenvalue weighted by atomic mass is 16.5. The van der Waals surface area contributed by atoms with Crippen LogP contribution in [0.1, 0.15) is 21.8 Å². The van der Waals surface area contributed by atoms with Gasteiger partial charge in [-0.1, -0.05) is 41.6 Å². The molecule has 1 heterocycles. The van der Waals surface area contributed by atoms with Crippen LogP contribution in [0.25, 0.3) is 10.8 Å². The number of aryl methyl sites for hydroxylation is 2. The molecule has 6 nitrogen and oxygen atoms in total. The van der Waals surface area contributed by atoms with Crippen molar-refractivity contribution in [2.24, 2.45) is 0 Å². The Hall–Kier alpha value is -3.15. The zero-order chi connectivity index (χ0) is 17.1. The van der Waals surface area contributed by atoms with E-state index in [-0.39, 0.29) is 12.2 Å². The summed E-state index contributed by atoms with van der Waals surface area (Å²) in [5.74, 6) is -0.669. The molecule has 122 valence electrons. The molecule has 0 saturated heterocycles. The van der Waals surface area contributed by atoms with Crippen molar-refractivity contribution in [2.75, 3.05) is 11.9 Å². The summed E-state index contributed by atoms with van der Waals surface area (Å²) < 4.78 is 9.96. The Labute approximate surface area is 138 Å². The van der Waals surface area contributed by atoms with Crippen LogP contribution in [0.15, 0.2) is 47.0 Å². The molecule has 1 aromatic heterocycles. The standard InChI is InChI=1S/C18H16N2O4/c1-11-17(12(2)24-20-11)18(22)23-10-16(21)19-15-9-5-7-13-6-3-4-8-14(13)15/h3-9H,10H2,1-2H3,(H,19,21). The van der Waals surface area contributed by atoms with Crippen LogP contribution < -0.4 is 5.32 Å². The maximum atomic E-state index is 12.1. The van der Waals surface area contributed by atoms with Crippen LogP contribution in [-0.4, -0.2) is 23.6 Å². The van der Waals surface area contributed by atoms with Gasteiger partial charge in [-0.15, -0.1) is 0 Å².